The van der Waals surface area contributed by atoms with Gasteiger partial charge in [-0.25, -0.2) is 4.39 Å². The van der Waals surface area contributed by atoms with Crippen molar-refractivity contribution >= 4 is 28.2 Å². The summed E-state index contributed by atoms with van der Waals surface area (Å²) in [5.41, 5.74) is -3.30. The van der Waals surface area contributed by atoms with Crippen LogP contribution >= 0.6 is 11.6 Å². The molecule has 5 nitrogen and oxygen atoms in total. The fourth-order valence-electron chi connectivity index (χ4n) is 4.62. The predicted molar refractivity (Wildman–Crippen MR) is 117 cm³/mol. The average molecular weight is 485 g/mol. The Morgan fingerprint density at radius 2 is 1.97 bits per heavy atom. The minimum atomic E-state index is -5.03. The molecule has 176 valence electrons. The highest BCUT2D eigenvalue weighted by atomic mass is 35.5. The van der Waals surface area contributed by atoms with Gasteiger partial charge in [0.2, 0.25) is 5.56 Å². The van der Waals surface area contributed by atoms with E-state index in [1.54, 1.807) is 13.8 Å². The van der Waals surface area contributed by atoms with E-state index in [4.69, 9.17) is 11.6 Å². The molecule has 0 amide bonds. The molecule has 0 bridgehead atoms. The van der Waals surface area contributed by atoms with Crippen LogP contribution in [0.25, 0.3) is 10.9 Å². The number of phenolic OH excluding ortho intramolecular Hbond substituents is 1. The van der Waals surface area contributed by atoms with Crippen molar-refractivity contribution in [1.29, 1.82) is 0 Å². The molecule has 3 aromatic rings. The van der Waals surface area contributed by atoms with Gasteiger partial charge < -0.3 is 20.5 Å². The van der Waals surface area contributed by atoms with Crippen LogP contribution in [0, 0.1) is 12.7 Å². The van der Waals surface area contributed by atoms with Crippen LogP contribution in [0.4, 0.5) is 23.2 Å². The lowest BCUT2D eigenvalue weighted by Gasteiger charge is -2.46. The van der Waals surface area contributed by atoms with Crippen molar-refractivity contribution in [1.82, 2.24) is 4.98 Å². The predicted octanol–water partition coefficient (Wildman–Crippen LogP) is 5.68. The Morgan fingerprint density at radius 1 is 1.27 bits per heavy atom. The quantitative estimate of drug-likeness (QED) is 0.360. The van der Waals surface area contributed by atoms with Gasteiger partial charge in [0, 0.05) is 33.3 Å². The molecule has 2 aromatic carbocycles. The van der Waals surface area contributed by atoms with Crippen LogP contribution < -0.4 is 10.9 Å². The number of hydrogen-bond donors (Lipinski definition) is 4. The third kappa shape index (κ3) is 3.63. The number of aliphatic hydroxyl groups is 1. The molecule has 4 N–H and O–H groups in total. The molecule has 0 aliphatic heterocycles. The van der Waals surface area contributed by atoms with Gasteiger partial charge in [-0.15, -0.1) is 0 Å². The number of nitrogens with one attached hydrogen (secondary N) is 2. The standard InChI is InChI=1S/C23H21ClF4N2O3/c1-3-11-9-22(33,23(26,27)28)21(13-8-14(24)10(2)20(32)18(11)13)29-16-6-5-15(25)19-12(16)4-7-17(31)30-19/h4-8,11,21,29,32-33H,3,9H2,1-2H3,(H,30,31)/t11-,21+,22-/m1/s1. The molecule has 3 atom stereocenters. The number of rotatable bonds is 3. The van der Waals surface area contributed by atoms with E-state index in [1.165, 1.54) is 18.2 Å². The largest absolute Gasteiger partial charge is 0.507 e. The summed E-state index contributed by atoms with van der Waals surface area (Å²) in [6.45, 7) is 3.23. The number of halogens is 5. The van der Waals surface area contributed by atoms with E-state index in [-0.39, 0.29) is 44.9 Å². The van der Waals surface area contributed by atoms with Gasteiger partial charge >= 0.3 is 6.18 Å². The number of aromatic hydroxyl groups is 1. The maximum absolute atomic E-state index is 14.3. The van der Waals surface area contributed by atoms with E-state index in [0.29, 0.717) is 5.56 Å². The molecule has 1 heterocycles. The van der Waals surface area contributed by atoms with Gasteiger partial charge in [0.25, 0.3) is 0 Å². The number of anilines is 1. The number of H-pyrrole nitrogens is 1. The van der Waals surface area contributed by atoms with E-state index in [1.807, 2.05) is 0 Å². The third-order valence-electron chi connectivity index (χ3n) is 6.44. The van der Waals surface area contributed by atoms with Crippen LogP contribution in [0.1, 0.15) is 48.4 Å². The van der Waals surface area contributed by atoms with Crippen molar-refractivity contribution in [3.8, 4) is 5.75 Å². The van der Waals surface area contributed by atoms with Crippen LogP contribution in [0.3, 0.4) is 0 Å². The van der Waals surface area contributed by atoms with Gasteiger partial charge in [-0.1, -0.05) is 18.5 Å². The first-order valence-electron chi connectivity index (χ1n) is 10.3. The summed E-state index contributed by atoms with van der Waals surface area (Å²) < 4.78 is 57.2. The number of aromatic nitrogens is 1. The van der Waals surface area contributed by atoms with Crippen molar-refractivity contribution in [3.63, 3.8) is 0 Å². The van der Waals surface area contributed by atoms with Crippen molar-refractivity contribution in [2.75, 3.05) is 5.32 Å². The maximum Gasteiger partial charge on any atom is 0.419 e. The van der Waals surface area contributed by atoms with Gasteiger partial charge in [-0.2, -0.15) is 13.2 Å². The summed E-state index contributed by atoms with van der Waals surface area (Å²) in [5.74, 6) is -1.75. The lowest BCUT2D eigenvalue weighted by molar-refractivity contribution is -0.272. The molecule has 1 aliphatic carbocycles. The number of hydrogen-bond acceptors (Lipinski definition) is 4. The number of fused-ring (bicyclic) bond motifs is 2. The second kappa shape index (κ2) is 7.92. The Bertz CT molecular complexity index is 1310. The Balaban J connectivity index is 1.98. The zero-order chi connectivity index (χ0) is 24.3. The number of phenols is 1. The van der Waals surface area contributed by atoms with Gasteiger partial charge in [-0.3, -0.25) is 4.79 Å². The smallest absolute Gasteiger partial charge is 0.419 e. The molecule has 0 spiro atoms. The van der Waals surface area contributed by atoms with Crippen LogP contribution in [-0.4, -0.2) is 27.0 Å². The first-order valence-corrected chi connectivity index (χ1v) is 10.7. The minimum absolute atomic E-state index is 0.00271. The molecular formula is C23H21ClF4N2O3. The Morgan fingerprint density at radius 3 is 2.61 bits per heavy atom. The monoisotopic (exact) mass is 484 g/mol. The van der Waals surface area contributed by atoms with E-state index < -0.39 is 41.5 Å². The lowest BCUT2D eigenvalue weighted by Crippen LogP contribution is -2.55. The zero-order valence-electron chi connectivity index (χ0n) is 17.6. The molecule has 1 aromatic heterocycles. The molecular weight excluding hydrogens is 464 g/mol. The van der Waals surface area contributed by atoms with Crippen LogP contribution in [0.5, 0.6) is 5.75 Å². The summed E-state index contributed by atoms with van der Waals surface area (Å²) in [5, 5.41) is 24.7. The highest BCUT2D eigenvalue weighted by Gasteiger charge is 2.62. The molecule has 4 rings (SSSR count). The van der Waals surface area contributed by atoms with Crippen molar-refractivity contribution < 1.29 is 27.8 Å². The zero-order valence-corrected chi connectivity index (χ0v) is 18.4. The van der Waals surface area contributed by atoms with Crippen molar-refractivity contribution in [2.45, 2.75) is 50.4 Å². The molecule has 1 aliphatic rings. The molecule has 0 fully saturated rings. The topological polar surface area (TPSA) is 85.4 Å². The third-order valence-corrected chi connectivity index (χ3v) is 6.84. The Hall–Kier alpha value is -2.78. The molecule has 10 heteroatoms. The summed E-state index contributed by atoms with van der Waals surface area (Å²) >= 11 is 6.21. The molecule has 0 radical (unpaired) electrons. The SMILES string of the molecule is CC[C@@H]1C[C@](O)(C(F)(F)F)[C@@H](Nc2ccc(F)c3[nH]c(=O)ccc23)c2cc(Cl)c(C)c(O)c21. The summed E-state index contributed by atoms with van der Waals surface area (Å²) in [4.78, 5) is 14.0. The van der Waals surface area contributed by atoms with Crippen LogP contribution in [0.15, 0.2) is 35.1 Å². The fraction of sp³-hybridized carbons (Fsp3) is 0.348. The number of benzene rings is 2. The average Bonchev–Trinajstić information content (AvgIpc) is 2.74. The van der Waals surface area contributed by atoms with E-state index in [0.717, 1.165) is 12.1 Å². The first kappa shape index (κ1) is 23.4. The first-order chi connectivity index (χ1) is 15.4. The normalized spacial score (nSPS) is 22.9. The highest BCUT2D eigenvalue weighted by molar-refractivity contribution is 6.31. The van der Waals surface area contributed by atoms with E-state index >= 15 is 0 Å². The molecule has 0 saturated heterocycles. The Kier molecular flexibility index (Phi) is 5.61. The number of aromatic amines is 1. The minimum Gasteiger partial charge on any atom is -0.507 e. The Labute approximate surface area is 191 Å². The van der Waals surface area contributed by atoms with E-state index in [2.05, 4.69) is 10.3 Å². The lowest BCUT2D eigenvalue weighted by atomic mass is 9.68. The van der Waals surface area contributed by atoms with Gasteiger partial charge in [0.05, 0.1) is 11.6 Å². The second-order valence-electron chi connectivity index (χ2n) is 8.35. The van der Waals surface area contributed by atoms with Crippen LogP contribution in [0.2, 0.25) is 5.02 Å². The summed E-state index contributed by atoms with van der Waals surface area (Å²) in [6, 6.07) is 4.19. The fourth-order valence-corrected chi connectivity index (χ4v) is 4.83. The molecule has 33 heavy (non-hydrogen) atoms. The van der Waals surface area contributed by atoms with Gasteiger partial charge in [0.1, 0.15) is 11.6 Å². The molecule has 0 unspecified atom stereocenters. The number of alkyl halides is 3. The highest BCUT2D eigenvalue weighted by Crippen LogP contribution is 2.56. The molecule has 0 saturated carbocycles. The summed E-state index contributed by atoms with van der Waals surface area (Å²) in [6.07, 6.45) is -5.48. The van der Waals surface area contributed by atoms with Gasteiger partial charge in [-0.05, 0) is 55.5 Å². The second-order valence-corrected chi connectivity index (χ2v) is 8.76. The van der Waals surface area contributed by atoms with Crippen LogP contribution in [-0.2, 0) is 0 Å². The van der Waals surface area contributed by atoms with Crippen molar-refractivity contribution in [2.24, 2.45) is 0 Å². The maximum atomic E-state index is 14.3. The summed E-state index contributed by atoms with van der Waals surface area (Å²) in [7, 11) is 0. The van der Waals surface area contributed by atoms with Crippen molar-refractivity contribution in [3.05, 3.63) is 68.2 Å². The van der Waals surface area contributed by atoms with Gasteiger partial charge in [0.15, 0.2) is 5.60 Å². The van der Waals surface area contributed by atoms with E-state index in [9.17, 15) is 32.6 Å². The number of pyridine rings is 1.